The van der Waals surface area contributed by atoms with Crippen LogP contribution in [-0.2, 0) is 0 Å². The molecule has 6 heteroatoms. The molecule has 2 aromatic rings. The van der Waals surface area contributed by atoms with Gasteiger partial charge in [0, 0.05) is 15.1 Å². The van der Waals surface area contributed by atoms with Crippen molar-refractivity contribution in [3.63, 3.8) is 0 Å². The van der Waals surface area contributed by atoms with Crippen LogP contribution in [0.15, 0.2) is 39.3 Å². The normalized spacial score (nSPS) is 12.3. The summed E-state index contributed by atoms with van der Waals surface area (Å²) in [5.41, 5.74) is 2.01. The lowest BCUT2D eigenvalue weighted by Gasteiger charge is -2.21. The number of benzene rings is 2. The SMILES string of the molecule is CNC(c1ccc(Cl)c(Br)c1)c1cc(Cl)cc(Br)c1OC. The van der Waals surface area contributed by atoms with Crippen molar-refractivity contribution in [3.8, 4) is 5.75 Å². The predicted octanol–water partition coefficient (Wildman–Crippen LogP) is 5.84. The Labute approximate surface area is 151 Å². The van der Waals surface area contributed by atoms with Crippen molar-refractivity contribution < 1.29 is 4.74 Å². The molecular weight excluding hydrogens is 441 g/mol. The van der Waals surface area contributed by atoms with Crippen molar-refractivity contribution in [3.05, 3.63) is 60.4 Å². The summed E-state index contributed by atoms with van der Waals surface area (Å²) in [5.74, 6) is 0.754. The first kappa shape index (κ1) is 17.1. The Morgan fingerprint density at radius 2 is 1.81 bits per heavy atom. The molecule has 0 aliphatic rings. The lowest BCUT2D eigenvalue weighted by Crippen LogP contribution is -2.18. The number of methoxy groups -OCH3 is 1. The minimum Gasteiger partial charge on any atom is -0.495 e. The highest BCUT2D eigenvalue weighted by atomic mass is 79.9. The summed E-state index contributed by atoms with van der Waals surface area (Å²) >= 11 is 19.2. The number of nitrogens with one attached hydrogen (secondary N) is 1. The second-order valence-electron chi connectivity index (χ2n) is 4.41. The van der Waals surface area contributed by atoms with E-state index in [-0.39, 0.29) is 6.04 Å². The van der Waals surface area contributed by atoms with E-state index in [0.29, 0.717) is 10.0 Å². The van der Waals surface area contributed by atoms with Crippen molar-refractivity contribution >= 4 is 55.1 Å². The van der Waals surface area contributed by atoms with Gasteiger partial charge in [-0.3, -0.25) is 0 Å². The molecule has 21 heavy (non-hydrogen) atoms. The van der Waals surface area contributed by atoms with Crippen LogP contribution in [0.2, 0.25) is 10.0 Å². The molecule has 0 bridgehead atoms. The summed E-state index contributed by atoms with van der Waals surface area (Å²) in [5, 5.41) is 4.61. The summed E-state index contributed by atoms with van der Waals surface area (Å²) in [6, 6.07) is 9.46. The smallest absolute Gasteiger partial charge is 0.138 e. The third-order valence-corrected chi connectivity index (χ3v) is 5.14. The van der Waals surface area contributed by atoms with Crippen molar-refractivity contribution in [2.24, 2.45) is 0 Å². The van der Waals surface area contributed by atoms with E-state index in [1.54, 1.807) is 7.11 Å². The molecule has 112 valence electrons. The van der Waals surface area contributed by atoms with Crippen molar-refractivity contribution in [1.29, 1.82) is 0 Å². The Morgan fingerprint density at radius 3 is 2.38 bits per heavy atom. The molecule has 0 saturated heterocycles. The molecule has 0 fully saturated rings. The molecule has 0 heterocycles. The first-order chi connectivity index (χ1) is 9.97. The van der Waals surface area contributed by atoms with Gasteiger partial charge >= 0.3 is 0 Å². The van der Waals surface area contributed by atoms with Gasteiger partial charge in [0.2, 0.25) is 0 Å². The van der Waals surface area contributed by atoms with Gasteiger partial charge in [-0.25, -0.2) is 0 Å². The summed E-state index contributed by atoms with van der Waals surface area (Å²) in [7, 11) is 3.53. The maximum Gasteiger partial charge on any atom is 0.138 e. The molecule has 0 aromatic heterocycles. The highest BCUT2D eigenvalue weighted by Crippen LogP contribution is 2.39. The lowest BCUT2D eigenvalue weighted by molar-refractivity contribution is 0.402. The number of hydrogen-bond donors (Lipinski definition) is 1. The van der Waals surface area contributed by atoms with Crippen LogP contribution in [0.25, 0.3) is 0 Å². The van der Waals surface area contributed by atoms with E-state index in [4.69, 9.17) is 27.9 Å². The quantitative estimate of drug-likeness (QED) is 0.628. The molecule has 0 aliphatic heterocycles. The summed E-state index contributed by atoms with van der Waals surface area (Å²) in [6.07, 6.45) is 0. The Balaban J connectivity index is 2.58. The molecule has 1 atom stereocenters. The molecule has 2 nitrogen and oxygen atoms in total. The molecule has 0 saturated carbocycles. The molecule has 1 unspecified atom stereocenters. The standard InChI is InChI=1S/C15H13Br2Cl2NO/c1-20-14(8-3-4-13(19)11(16)5-8)10-6-9(18)7-12(17)15(10)21-2/h3-7,14,20H,1-2H3. The average molecular weight is 454 g/mol. The number of hydrogen-bond acceptors (Lipinski definition) is 2. The van der Waals surface area contributed by atoms with Crippen LogP contribution < -0.4 is 10.1 Å². The second-order valence-corrected chi connectivity index (χ2v) is 6.96. The van der Waals surface area contributed by atoms with Gasteiger partial charge in [-0.05, 0) is 68.7 Å². The zero-order valence-electron chi connectivity index (χ0n) is 11.4. The van der Waals surface area contributed by atoms with Crippen molar-refractivity contribution in [1.82, 2.24) is 5.32 Å². The van der Waals surface area contributed by atoms with Crippen LogP contribution in [0.3, 0.4) is 0 Å². The third-order valence-electron chi connectivity index (χ3n) is 3.12. The summed E-state index contributed by atoms with van der Waals surface area (Å²) in [4.78, 5) is 0. The van der Waals surface area contributed by atoms with Gasteiger partial charge in [-0.1, -0.05) is 29.3 Å². The highest BCUT2D eigenvalue weighted by molar-refractivity contribution is 9.10. The molecule has 0 aliphatic carbocycles. The van der Waals surface area contributed by atoms with E-state index in [2.05, 4.69) is 37.2 Å². The fraction of sp³-hybridized carbons (Fsp3) is 0.200. The Morgan fingerprint density at radius 1 is 1.10 bits per heavy atom. The Bertz CT molecular complexity index is 664. The molecular formula is C15H13Br2Cl2NO. The van der Waals surface area contributed by atoms with Crippen LogP contribution in [-0.4, -0.2) is 14.2 Å². The van der Waals surface area contributed by atoms with Crippen LogP contribution in [0, 0.1) is 0 Å². The fourth-order valence-electron chi connectivity index (χ4n) is 2.20. The maximum absolute atomic E-state index is 6.18. The van der Waals surface area contributed by atoms with Crippen LogP contribution in [0.4, 0.5) is 0 Å². The van der Waals surface area contributed by atoms with Crippen molar-refractivity contribution in [2.75, 3.05) is 14.2 Å². The summed E-state index contributed by atoms with van der Waals surface area (Å²) < 4.78 is 7.18. The summed E-state index contributed by atoms with van der Waals surface area (Å²) in [6.45, 7) is 0. The van der Waals surface area contributed by atoms with Gasteiger partial charge in [-0.15, -0.1) is 0 Å². The van der Waals surface area contributed by atoms with Crippen LogP contribution in [0.5, 0.6) is 5.75 Å². The van der Waals surface area contributed by atoms with Gasteiger partial charge < -0.3 is 10.1 Å². The van der Waals surface area contributed by atoms with E-state index in [1.807, 2.05) is 37.4 Å². The maximum atomic E-state index is 6.18. The van der Waals surface area contributed by atoms with E-state index >= 15 is 0 Å². The van der Waals surface area contributed by atoms with E-state index in [9.17, 15) is 0 Å². The van der Waals surface area contributed by atoms with Gasteiger partial charge in [0.15, 0.2) is 0 Å². The highest BCUT2D eigenvalue weighted by Gasteiger charge is 2.20. The lowest BCUT2D eigenvalue weighted by atomic mass is 9.98. The third kappa shape index (κ3) is 3.74. The first-order valence-electron chi connectivity index (χ1n) is 6.13. The minimum atomic E-state index is -0.0662. The second kappa shape index (κ2) is 7.34. The van der Waals surface area contributed by atoms with E-state index < -0.39 is 0 Å². The number of halogens is 4. The largest absolute Gasteiger partial charge is 0.495 e. The molecule has 0 spiro atoms. The minimum absolute atomic E-state index is 0.0662. The molecule has 0 amide bonds. The molecule has 2 rings (SSSR count). The fourth-order valence-corrected chi connectivity index (χ4v) is 3.71. The number of ether oxygens (including phenoxy) is 1. The van der Waals surface area contributed by atoms with Gasteiger partial charge in [-0.2, -0.15) is 0 Å². The van der Waals surface area contributed by atoms with Crippen LogP contribution >= 0.6 is 55.1 Å². The average Bonchev–Trinajstić information content (AvgIpc) is 2.43. The zero-order valence-corrected chi connectivity index (χ0v) is 16.1. The molecule has 0 radical (unpaired) electrons. The Hall–Kier alpha value is -0.260. The Kier molecular flexibility index (Phi) is 5.97. The van der Waals surface area contributed by atoms with Crippen LogP contribution in [0.1, 0.15) is 17.2 Å². The van der Waals surface area contributed by atoms with Crippen molar-refractivity contribution in [2.45, 2.75) is 6.04 Å². The zero-order chi connectivity index (χ0) is 15.6. The van der Waals surface area contributed by atoms with Gasteiger partial charge in [0.25, 0.3) is 0 Å². The first-order valence-corrected chi connectivity index (χ1v) is 8.47. The van der Waals surface area contributed by atoms with E-state index in [0.717, 1.165) is 25.8 Å². The van der Waals surface area contributed by atoms with Gasteiger partial charge in [0.05, 0.1) is 22.6 Å². The molecule has 1 N–H and O–H groups in total. The van der Waals surface area contributed by atoms with E-state index in [1.165, 1.54) is 0 Å². The number of rotatable bonds is 4. The monoisotopic (exact) mass is 451 g/mol. The molecule has 2 aromatic carbocycles. The van der Waals surface area contributed by atoms with Gasteiger partial charge in [0.1, 0.15) is 5.75 Å². The topological polar surface area (TPSA) is 21.3 Å². The predicted molar refractivity (Wildman–Crippen MR) is 95.8 cm³/mol.